The molecule has 0 fully saturated rings. The molecule has 0 spiro atoms. The lowest BCUT2D eigenvalue weighted by molar-refractivity contribution is -0.142. The first kappa shape index (κ1) is 19.4. The number of benzene rings is 2. The van der Waals surface area contributed by atoms with Crippen LogP contribution in [0.3, 0.4) is 0 Å². The summed E-state index contributed by atoms with van der Waals surface area (Å²) in [6.45, 7) is 1.25. The van der Waals surface area contributed by atoms with E-state index in [9.17, 15) is 9.59 Å². The second-order valence-electron chi connectivity index (χ2n) is 6.53. The molecule has 1 aliphatic heterocycles. The molecular formula is C21H23ClN2O3. The summed E-state index contributed by atoms with van der Waals surface area (Å²) in [4.78, 5) is 27.3. The number of carbonyl (C=O) groups excluding carboxylic acids is 2. The molecule has 142 valence electrons. The van der Waals surface area contributed by atoms with Gasteiger partial charge in [-0.2, -0.15) is 0 Å². The molecule has 1 aliphatic rings. The number of methoxy groups -OCH3 is 1. The van der Waals surface area contributed by atoms with Gasteiger partial charge in [-0.15, -0.1) is 0 Å². The molecule has 5 nitrogen and oxygen atoms in total. The third-order valence-corrected chi connectivity index (χ3v) is 5.00. The number of fused-ring (bicyclic) bond motifs is 1. The van der Waals surface area contributed by atoms with Gasteiger partial charge in [0.15, 0.2) is 0 Å². The first-order valence-corrected chi connectivity index (χ1v) is 9.36. The van der Waals surface area contributed by atoms with E-state index < -0.39 is 6.04 Å². The highest BCUT2D eigenvalue weighted by Crippen LogP contribution is 2.30. The average Bonchev–Trinajstić information content (AvgIpc) is 2.70. The van der Waals surface area contributed by atoms with Gasteiger partial charge >= 0.3 is 0 Å². The minimum atomic E-state index is -0.619. The van der Waals surface area contributed by atoms with Crippen LogP contribution in [0.4, 0.5) is 0 Å². The molecule has 2 amide bonds. The number of hydrogen-bond donors (Lipinski definition) is 1. The maximum absolute atomic E-state index is 13.0. The Kier molecular flexibility index (Phi) is 6.48. The third kappa shape index (κ3) is 4.67. The summed E-state index contributed by atoms with van der Waals surface area (Å²) in [5, 5.41) is 3.62. The van der Waals surface area contributed by atoms with Gasteiger partial charge in [-0.1, -0.05) is 48.0 Å². The lowest BCUT2D eigenvalue weighted by Gasteiger charge is -2.36. The van der Waals surface area contributed by atoms with Crippen LogP contribution in [0.25, 0.3) is 0 Å². The third-order valence-electron chi connectivity index (χ3n) is 4.75. The Morgan fingerprint density at radius 3 is 2.67 bits per heavy atom. The SMILES string of the molecule is COCCC(=O)N1CCc2ccccc2C1C(=O)NCc1ccc(Cl)cc1. The van der Waals surface area contributed by atoms with Gasteiger partial charge in [-0.05, 0) is 35.2 Å². The Hall–Kier alpha value is -2.37. The number of ether oxygens (including phenoxy) is 1. The zero-order valence-corrected chi connectivity index (χ0v) is 16.0. The predicted molar refractivity (Wildman–Crippen MR) is 104 cm³/mol. The van der Waals surface area contributed by atoms with Crippen LogP contribution in [0.5, 0.6) is 0 Å². The van der Waals surface area contributed by atoms with Crippen LogP contribution in [0, 0.1) is 0 Å². The Morgan fingerprint density at radius 1 is 1.19 bits per heavy atom. The summed E-state index contributed by atoms with van der Waals surface area (Å²) >= 11 is 5.91. The van der Waals surface area contributed by atoms with Gasteiger partial charge in [-0.25, -0.2) is 0 Å². The number of rotatable bonds is 6. The smallest absolute Gasteiger partial charge is 0.247 e. The Bertz CT molecular complexity index is 807. The second-order valence-corrected chi connectivity index (χ2v) is 6.96. The van der Waals surface area contributed by atoms with Crippen molar-refractivity contribution in [2.45, 2.75) is 25.4 Å². The first-order valence-electron chi connectivity index (χ1n) is 8.98. The van der Waals surface area contributed by atoms with Gasteiger partial charge in [0.05, 0.1) is 13.0 Å². The van der Waals surface area contributed by atoms with Crippen LogP contribution < -0.4 is 5.32 Å². The maximum atomic E-state index is 13.0. The highest BCUT2D eigenvalue weighted by Gasteiger charge is 2.35. The van der Waals surface area contributed by atoms with Crippen LogP contribution >= 0.6 is 11.6 Å². The van der Waals surface area contributed by atoms with Crippen molar-refractivity contribution >= 4 is 23.4 Å². The number of hydrogen-bond acceptors (Lipinski definition) is 3. The molecule has 0 aliphatic carbocycles. The number of nitrogens with one attached hydrogen (secondary N) is 1. The van der Waals surface area contributed by atoms with E-state index in [-0.39, 0.29) is 18.2 Å². The molecule has 0 radical (unpaired) electrons. The molecular weight excluding hydrogens is 364 g/mol. The van der Waals surface area contributed by atoms with E-state index in [0.29, 0.717) is 24.7 Å². The molecule has 1 N–H and O–H groups in total. The van der Waals surface area contributed by atoms with E-state index in [1.807, 2.05) is 36.4 Å². The van der Waals surface area contributed by atoms with E-state index in [1.165, 1.54) is 0 Å². The zero-order valence-electron chi connectivity index (χ0n) is 15.3. The quantitative estimate of drug-likeness (QED) is 0.829. The lowest BCUT2D eigenvalue weighted by atomic mass is 9.91. The van der Waals surface area contributed by atoms with Crippen LogP contribution in [-0.2, 0) is 27.3 Å². The van der Waals surface area contributed by atoms with Gasteiger partial charge in [0, 0.05) is 25.2 Å². The summed E-state index contributed by atoms with van der Waals surface area (Å²) in [6, 6.07) is 14.5. The number of halogens is 1. The van der Waals surface area contributed by atoms with Crippen molar-refractivity contribution < 1.29 is 14.3 Å². The van der Waals surface area contributed by atoms with E-state index in [4.69, 9.17) is 16.3 Å². The molecule has 2 aromatic carbocycles. The van der Waals surface area contributed by atoms with E-state index >= 15 is 0 Å². The standard InChI is InChI=1S/C21H23ClN2O3/c1-27-13-11-19(25)24-12-10-16-4-2-3-5-18(16)20(24)21(26)23-14-15-6-8-17(22)9-7-15/h2-9,20H,10-14H2,1H3,(H,23,26). The summed E-state index contributed by atoms with van der Waals surface area (Å²) in [5.41, 5.74) is 2.96. The van der Waals surface area contributed by atoms with E-state index in [0.717, 1.165) is 23.1 Å². The Morgan fingerprint density at radius 2 is 1.93 bits per heavy atom. The first-order chi connectivity index (χ1) is 13.1. The summed E-state index contributed by atoms with van der Waals surface area (Å²) < 4.78 is 5.02. The largest absolute Gasteiger partial charge is 0.384 e. The molecule has 27 heavy (non-hydrogen) atoms. The molecule has 0 saturated carbocycles. The van der Waals surface area contributed by atoms with Crippen LogP contribution in [0.15, 0.2) is 48.5 Å². The summed E-state index contributed by atoms with van der Waals surface area (Å²) in [6.07, 6.45) is 1.01. The molecule has 2 aromatic rings. The van der Waals surface area contributed by atoms with Crippen LogP contribution in [0.2, 0.25) is 5.02 Å². The molecule has 1 heterocycles. The molecule has 0 bridgehead atoms. The van der Waals surface area contributed by atoms with Crippen molar-refractivity contribution in [1.82, 2.24) is 10.2 Å². The minimum Gasteiger partial charge on any atom is -0.384 e. The molecule has 0 saturated heterocycles. The molecule has 1 unspecified atom stereocenters. The summed E-state index contributed by atoms with van der Waals surface area (Å²) in [7, 11) is 1.56. The molecule has 1 atom stereocenters. The number of amides is 2. The van der Waals surface area contributed by atoms with Gasteiger partial charge in [0.25, 0.3) is 0 Å². The van der Waals surface area contributed by atoms with Gasteiger partial charge in [0.2, 0.25) is 11.8 Å². The minimum absolute atomic E-state index is 0.0713. The van der Waals surface area contributed by atoms with Crippen molar-refractivity contribution in [3.8, 4) is 0 Å². The molecule has 6 heteroatoms. The normalized spacial score (nSPS) is 15.9. The fourth-order valence-electron chi connectivity index (χ4n) is 3.34. The van der Waals surface area contributed by atoms with Gasteiger partial charge < -0.3 is 15.0 Å². The van der Waals surface area contributed by atoms with Crippen LogP contribution in [0.1, 0.15) is 29.2 Å². The second kappa shape index (κ2) is 9.02. The Labute approximate surface area is 164 Å². The van der Waals surface area contributed by atoms with Crippen molar-refractivity contribution in [3.05, 3.63) is 70.2 Å². The average molecular weight is 387 g/mol. The predicted octanol–water partition coefficient (Wildman–Crippen LogP) is 3.12. The van der Waals surface area contributed by atoms with E-state index in [1.54, 1.807) is 24.1 Å². The van der Waals surface area contributed by atoms with Crippen molar-refractivity contribution in [3.63, 3.8) is 0 Å². The zero-order chi connectivity index (χ0) is 19.2. The fourth-order valence-corrected chi connectivity index (χ4v) is 3.47. The van der Waals surface area contributed by atoms with Gasteiger partial charge in [0.1, 0.15) is 6.04 Å². The maximum Gasteiger partial charge on any atom is 0.247 e. The molecule has 3 rings (SSSR count). The molecule has 0 aromatic heterocycles. The highest BCUT2D eigenvalue weighted by atomic mass is 35.5. The fraction of sp³-hybridized carbons (Fsp3) is 0.333. The highest BCUT2D eigenvalue weighted by molar-refractivity contribution is 6.30. The number of carbonyl (C=O) groups is 2. The van der Waals surface area contributed by atoms with Crippen LogP contribution in [-0.4, -0.2) is 37.0 Å². The summed E-state index contributed by atoms with van der Waals surface area (Å²) in [5.74, 6) is -0.249. The Balaban J connectivity index is 1.79. The van der Waals surface area contributed by atoms with Crippen molar-refractivity contribution in [1.29, 1.82) is 0 Å². The lowest BCUT2D eigenvalue weighted by Crippen LogP contribution is -2.47. The topological polar surface area (TPSA) is 58.6 Å². The van der Waals surface area contributed by atoms with Gasteiger partial charge in [-0.3, -0.25) is 9.59 Å². The van der Waals surface area contributed by atoms with Crippen molar-refractivity contribution in [2.75, 3.05) is 20.3 Å². The monoisotopic (exact) mass is 386 g/mol. The van der Waals surface area contributed by atoms with E-state index in [2.05, 4.69) is 5.32 Å². The number of nitrogens with zero attached hydrogens (tertiary/aromatic N) is 1. The van der Waals surface area contributed by atoms with Crippen molar-refractivity contribution in [2.24, 2.45) is 0 Å².